The predicted octanol–water partition coefficient (Wildman–Crippen LogP) is 0.648. The number of hydrogen-bond donors (Lipinski definition) is 2. The zero-order chi connectivity index (χ0) is 11.5. The summed E-state index contributed by atoms with van der Waals surface area (Å²) in [6, 6.07) is 8.78. The molecule has 5 heteroatoms. The molecule has 0 bridgehead atoms. The Morgan fingerprint density at radius 3 is 2.81 bits per heavy atom. The van der Waals surface area contributed by atoms with Gasteiger partial charge in [0.25, 0.3) is 5.91 Å². The van der Waals surface area contributed by atoms with Crippen molar-refractivity contribution in [3.63, 3.8) is 0 Å². The second-order valence-electron chi connectivity index (χ2n) is 3.25. The van der Waals surface area contributed by atoms with Crippen molar-refractivity contribution in [1.29, 1.82) is 0 Å². The van der Waals surface area contributed by atoms with Crippen LogP contribution >= 0.6 is 0 Å². The van der Waals surface area contributed by atoms with Gasteiger partial charge in [0.05, 0.1) is 5.52 Å². The van der Waals surface area contributed by atoms with Crippen LogP contribution < -0.4 is 11.5 Å². The number of nitrogens with zero attached hydrogens (tertiary/aromatic N) is 2. The molecule has 0 atom stereocenters. The third kappa shape index (κ3) is 1.98. The van der Waals surface area contributed by atoms with Gasteiger partial charge in [-0.3, -0.25) is 9.78 Å². The molecule has 1 aromatic carbocycles. The van der Waals surface area contributed by atoms with Crippen LogP contribution in [0.5, 0.6) is 0 Å². The Balaban J connectivity index is 2.47. The minimum Gasteiger partial charge on any atom is -0.370 e. The molecule has 0 aliphatic heterocycles. The first kappa shape index (κ1) is 10.1. The number of rotatable bonds is 1. The molecule has 80 valence electrons. The summed E-state index contributed by atoms with van der Waals surface area (Å²) >= 11 is 0. The third-order valence-corrected chi connectivity index (χ3v) is 2.08. The Morgan fingerprint density at radius 1 is 1.25 bits per heavy atom. The van der Waals surface area contributed by atoms with E-state index in [9.17, 15) is 4.79 Å². The summed E-state index contributed by atoms with van der Waals surface area (Å²) in [7, 11) is 0. The molecule has 16 heavy (non-hydrogen) atoms. The Morgan fingerprint density at radius 2 is 2.06 bits per heavy atom. The molecule has 1 heterocycles. The summed E-state index contributed by atoms with van der Waals surface area (Å²) in [5.41, 5.74) is 11.5. The molecule has 2 rings (SSSR count). The van der Waals surface area contributed by atoms with Crippen LogP contribution in [0.3, 0.4) is 0 Å². The highest BCUT2D eigenvalue weighted by molar-refractivity contribution is 6.03. The number of benzene rings is 1. The van der Waals surface area contributed by atoms with E-state index in [-0.39, 0.29) is 5.96 Å². The van der Waals surface area contributed by atoms with Crippen LogP contribution in [0.1, 0.15) is 10.4 Å². The van der Waals surface area contributed by atoms with Crippen LogP contribution in [0.2, 0.25) is 0 Å². The molecule has 4 N–H and O–H groups in total. The fourth-order valence-corrected chi connectivity index (χ4v) is 1.39. The maximum Gasteiger partial charge on any atom is 0.280 e. The van der Waals surface area contributed by atoms with E-state index in [0.29, 0.717) is 5.56 Å². The largest absolute Gasteiger partial charge is 0.370 e. The monoisotopic (exact) mass is 214 g/mol. The number of fused-ring (bicyclic) bond motifs is 1. The second-order valence-corrected chi connectivity index (χ2v) is 3.25. The average molecular weight is 214 g/mol. The van der Waals surface area contributed by atoms with Crippen molar-refractivity contribution < 1.29 is 4.79 Å². The summed E-state index contributed by atoms with van der Waals surface area (Å²) in [5.74, 6) is -0.693. The van der Waals surface area contributed by atoms with Gasteiger partial charge in [0.1, 0.15) is 0 Å². The second kappa shape index (κ2) is 3.98. The number of carbonyl (C=O) groups excluding carboxylic acids is 1. The first-order valence-corrected chi connectivity index (χ1v) is 4.65. The van der Waals surface area contributed by atoms with Crippen molar-refractivity contribution >= 4 is 22.8 Å². The molecular weight excluding hydrogens is 204 g/mol. The summed E-state index contributed by atoms with van der Waals surface area (Å²) in [5, 5.41) is 0.874. The fraction of sp³-hybridized carbons (Fsp3) is 0. The highest BCUT2D eigenvalue weighted by atomic mass is 16.1. The SMILES string of the molecule is NC(N)=NC(=O)c1ccc2ncccc2c1. The molecule has 2 aromatic rings. The fourth-order valence-electron chi connectivity index (χ4n) is 1.39. The van der Waals surface area contributed by atoms with E-state index < -0.39 is 5.91 Å². The maximum atomic E-state index is 11.5. The number of aliphatic imine (C=N–C) groups is 1. The van der Waals surface area contributed by atoms with Gasteiger partial charge in [0.2, 0.25) is 0 Å². The van der Waals surface area contributed by atoms with E-state index in [1.807, 2.05) is 6.07 Å². The number of pyridine rings is 1. The Bertz CT molecular complexity index is 573. The lowest BCUT2D eigenvalue weighted by molar-refractivity contribution is 0.100. The van der Waals surface area contributed by atoms with Crippen molar-refractivity contribution in [1.82, 2.24) is 4.98 Å². The number of carbonyl (C=O) groups is 1. The lowest BCUT2D eigenvalue weighted by Crippen LogP contribution is -2.24. The molecule has 0 fully saturated rings. The summed E-state index contributed by atoms with van der Waals surface area (Å²) in [6.45, 7) is 0. The maximum absolute atomic E-state index is 11.5. The molecule has 0 saturated carbocycles. The van der Waals surface area contributed by atoms with Crippen LogP contribution in [0.4, 0.5) is 0 Å². The quantitative estimate of drug-likeness (QED) is 0.538. The number of aromatic nitrogens is 1. The van der Waals surface area contributed by atoms with E-state index in [2.05, 4.69) is 9.98 Å². The van der Waals surface area contributed by atoms with Gasteiger partial charge in [-0.15, -0.1) is 0 Å². The van der Waals surface area contributed by atoms with Gasteiger partial charge in [0.15, 0.2) is 5.96 Å². The van der Waals surface area contributed by atoms with E-state index in [1.165, 1.54) is 0 Å². The van der Waals surface area contributed by atoms with Crippen molar-refractivity contribution in [2.75, 3.05) is 0 Å². The van der Waals surface area contributed by atoms with Crippen molar-refractivity contribution in [3.8, 4) is 0 Å². The topological polar surface area (TPSA) is 94.4 Å². The minimum absolute atomic E-state index is 0.240. The van der Waals surface area contributed by atoms with Crippen LogP contribution in [-0.4, -0.2) is 16.9 Å². The van der Waals surface area contributed by atoms with Crippen molar-refractivity contribution in [3.05, 3.63) is 42.1 Å². The molecule has 1 amide bonds. The summed E-state index contributed by atoms with van der Waals surface area (Å²) in [6.07, 6.45) is 1.69. The first-order chi connectivity index (χ1) is 7.66. The normalized spacial score (nSPS) is 10.0. The van der Waals surface area contributed by atoms with Crippen molar-refractivity contribution in [2.24, 2.45) is 16.5 Å². The molecule has 0 spiro atoms. The molecule has 5 nitrogen and oxygen atoms in total. The third-order valence-electron chi connectivity index (χ3n) is 2.08. The van der Waals surface area contributed by atoms with E-state index in [4.69, 9.17) is 11.5 Å². The van der Waals surface area contributed by atoms with Gasteiger partial charge in [-0.1, -0.05) is 6.07 Å². The molecular formula is C11H10N4O. The number of hydrogen-bond acceptors (Lipinski definition) is 2. The Kier molecular flexibility index (Phi) is 2.51. The number of amides is 1. The van der Waals surface area contributed by atoms with Gasteiger partial charge in [-0.25, -0.2) is 0 Å². The smallest absolute Gasteiger partial charge is 0.280 e. The molecule has 0 radical (unpaired) electrons. The van der Waals surface area contributed by atoms with Gasteiger partial charge >= 0.3 is 0 Å². The summed E-state index contributed by atoms with van der Waals surface area (Å²) in [4.78, 5) is 19.1. The zero-order valence-corrected chi connectivity index (χ0v) is 8.42. The molecule has 0 unspecified atom stereocenters. The highest BCUT2D eigenvalue weighted by Gasteiger charge is 2.05. The lowest BCUT2D eigenvalue weighted by atomic mass is 10.1. The van der Waals surface area contributed by atoms with Crippen LogP contribution in [0.15, 0.2) is 41.5 Å². The van der Waals surface area contributed by atoms with Crippen molar-refractivity contribution in [2.45, 2.75) is 0 Å². The van der Waals surface area contributed by atoms with Gasteiger partial charge in [0, 0.05) is 17.1 Å². The van der Waals surface area contributed by atoms with Crippen LogP contribution in [0.25, 0.3) is 10.9 Å². The predicted molar refractivity (Wildman–Crippen MR) is 61.9 cm³/mol. The molecule has 1 aromatic heterocycles. The molecule has 0 aliphatic rings. The van der Waals surface area contributed by atoms with Gasteiger partial charge in [-0.2, -0.15) is 4.99 Å². The highest BCUT2D eigenvalue weighted by Crippen LogP contribution is 2.13. The van der Waals surface area contributed by atoms with E-state index in [0.717, 1.165) is 10.9 Å². The molecule has 0 aliphatic carbocycles. The summed E-state index contributed by atoms with van der Waals surface area (Å²) < 4.78 is 0. The average Bonchev–Trinajstić information content (AvgIpc) is 2.27. The number of nitrogens with two attached hydrogens (primary N) is 2. The van der Waals surface area contributed by atoms with Crippen LogP contribution in [-0.2, 0) is 0 Å². The minimum atomic E-state index is -0.453. The van der Waals surface area contributed by atoms with E-state index in [1.54, 1.807) is 30.5 Å². The van der Waals surface area contributed by atoms with Crippen LogP contribution in [0, 0.1) is 0 Å². The first-order valence-electron chi connectivity index (χ1n) is 4.65. The van der Waals surface area contributed by atoms with Gasteiger partial charge < -0.3 is 11.5 Å². The Hall–Kier alpha value is -2.43. The lowest BCUT2D eigenvalue weighted by Gasteiger charge is -1.99. The molecule has 0 saturated heterocycles. The van der Waals surface area contributed by atoms with Gasteiger partial charge in [-0.05, 0) is 24.3 Å². The standard InChI is InChI=1S/C11H10N4O/c12-11(13)15-10(16)8-3-4-9-7(6-8)2-1-5-14-9/h1-6H,(H4,12,13,15,16). The Labute approximate surface area is 91.8 Å². The van der Waals surface area contributed by atoms with E-state index >= 15 is 0 Å². The number of guanidine groups is 1. The zero-order valence-electron chi connectivity index (χ0n) is 8.42.